The number of amides is 1. The van der Waals surface area contributed by atoms with Crippen molar-refractivity contribution in [1.82, 2.24) is 15.2 Å². The smallest absolute Gasteiger partial charge is 0.411 e. The number of piperazine rings is 1. The maximum atomic E-state index is 11.9. The first-order valence-electron chi connectivity index (χ1n) is 11.1. The van der Waals surface area contributed by atoms with Gasteiger partial charge in [-0.3, -0.25) is 9.88 Å². The minimum Gasteiger partial charge on any atom is -0.488 e. The van der Waals surface area contributed by atoms with Gasteiger partial charge in [0.15, 0.2) is 0 Å². The molecule has 1 fully saturated rings. The molecule has 2 aliphatic heterocycles. The van der Waals surface area contributed by atoms with Crippen LogP contribution in [0.15, 0.2) is 36.5 Å². The lowest BCUT2D eigenvalue weighted by Gasteiger charge is -2.35. The largest absolute Gasteiger partial charge is 0.488 e. The van der Waals surface area contributed by atoms with Crippen LogP contribution in [0.2, 0.25) is 5.02 Å². The number of ether oxygens (including phenoxy) is 3. The highest BCUT2D eigenvalue weighted by molar-refractivity contribution is 6.30. The summed E-state index contributed by atoms with van der Waals surface area (Å²) in [6.45, 7) is 7.42. The fraction of sp³-hybridized carbons (Fsp3) is 0.423. The second-order valence-electron chi connectivity index (χ2n) is 8.74. The Balaban J connectivity index is 0.000000231. The van der Waals surface area contributed by atoms with Gasteiger partial charge < -0.3 is 19.5 Å². The van der Waals surface area contributed by atoms with E-state index in [0.29, 0.717) is 31.3 Å². The molecule has 0 aliphatic carbocycles. The van der Waals surface area contributed by atoms with Crippen LogP contribution in [-0.4, -0.2) is 60.3 Å². The summed E-state index contributed by atoms with van der Waals surface area (Å²) in [6, 6.07) is 9.13. The van der Waals surface area contributed by atoms with Crippen molar-refractivity contribution >= 4 is 23.7 Å². The summed E-state index contributed by atoms with van der Waals surface area (Å²) in [5, 5.41) is 3.75. The molecule has 8 nitrogen and oxygen atoms in total. The van der Waals surface area contributed by atoms with E-state index in [9.17, 15) is 9.59 Å². The van der Waals surface area contributed by atoms with Gasteiger partial charge in [-0.1, -0.05) is 23.7 Å². The summed E-state index contributed by atoms with van der Waals surface area (Å²) < 4.78 is 15.7. The fourth-order valence-corrected chi connectivity index (χ4v) is 3.66. The molecule has 1 amide bonds. The van der Waals surface area contributed by atoms with Crippen LogP contribution in [-0.2, 0) is 27.3 Å². The van der Waals surface area contributed by atoms with Crippen LogP contribution in [0.25, 0.3) is 0 Å². The Hall–Kier alpha value is -3.28. The number of esters is 1. The Bertz CT molecular complexity index is 1040. The number of carbonyl (C=O) groups is 2. The molecule has 35 heavy (non-hydrogen) atoms. The van der Waals surface area contributed by atoms with Gasteiger partial charge in [-0.2, -0.15) is 0 Å². The van der Waals surface area contributed by atoms with Crippen LogP contribution in [0, 0.1) is 12.8 Å². The molecule has 0 spiro atoms. The van der Waals surface area contributed by atoms with Crippen LogP contribution in [0.1, 0.15) is 37.6 Å². The average Bonchev–Trinajstić information content (AvgIpc) is 3.03. The first kappa shape index (κ1) is 28.0. The Labute approximate surface area is 211 Å². The lowest BCUT2D eigenvalue weighted by molar-refractivity contribution is -0.147. The van der Waals surface area contributed by atoms with Crippen LogP contribution in [0.4, 0.5) is 4.79 Å². The fourth-order valence-electron chi connectivity index (χ4n) is 3.50. The number of fused-ring (bicyclic) bond motifs is 2. The predicted molar refractivity (Wildman–Crippen MR) is 134 cm³/mol. The van der Waals surface area contributed by atoms with Crippen LogP contribution in [0.5, 0.6) is 5.75 Å². The molecule has 3 heterocycles. The second-order valence-corrected chi connectivity index (χ2v) is 9.18. The van der Waals surface area contributed by atoms with E-state index in [4.69, 9.17) is 21.1 Å². The third kappa shape index (κ3) is 8.16. The monoisotopic (exact) mass is 501 g/mol. The van der Waals surface area contributed by atoms with E-state index < -0.39 is 23.7 Å². The SMILES string of the molecule is C#C.COC(=O)[C@H]1CNCCN1C(=O)OC(C)(C)C.Clc1ccc2c(c1)OCc1cccnc1C2. The third-order valence-corrected chi connectivity index (χ3v) is 5.33. The van der Waals surface area contributed by atoms with E-state index in [0.717, 1.165) is 29.0 Å². The molecule has 0 bridgehead atoms. The summed E-state index contributed by atoms with van der Waals surface area (Å²) >= 11 is 5.95. The summed E-state index contributed by atoms with van der Waals surface area (Å²) in [5.41, 5.74) is 2.81. The molecule has 4 rings (SSSR count). The molecule has 2 aromatic rings. The molecule has 1 saturated heterocycles. The van der Waals surface area contributed by atoms with Crippen molar-refractivity contribution in [1.29, 1.82) is 0 Å². The van der Waals surface area contributed by atoms with Crippen molar-refractivity contribution in [3.8, 4) is 18.6 Å². The number of pyridine rings is 1. The van der Waals surface area contributed by atoms with E-state index in [1.54, 1.807) is 20.8 Å². The minimum atomic E-state index is -0.608. The first-order valence-corrected chi connectivity index (χ1v) is 11.5. The number of carbonyl (C=O) groups excluding carboxylic acids is 2. The maximum absolute atomic E-state index is 11.9. The second kappa shape index (κ2) is 13.0. The number of nitrogens with zero attached hydrogens (tertiary/aromatic N) is 2. The minimum absolute atomic E-state index is 0.395. The van der Waals surface area contributed by atoms with Gasteiger partial charge in [0.2, 0.25) is 0 Å². The lowest BCUT2D eigenvalue weighted by Crippen LogP contribution is -2.58. The zero-order valence-corrected chi connectivity index (χ0v) is 21.3. The standard InChI is InChI=1S/C13H10ClNO.C11H20N2O4.C2H2/c14-11-4-3-9-6-12-10(2-1-5-15-12)8-16-13(9)7-11;1-11(2,3)17-10(15)13-6-5-12-7-8(13)9(14)16-4;1-2/h1-5,7H,6,8H2;8,12H,5-7H2,1-4H3;1-2H/t;8-;/m.1./s1. The highest BCUT2D eigenvalue weighted by Gasteiger charge is 2.35. The van der Waals surface area contributed by atoms with Gasteiger partial charge in [0, 0.05) is 48.4 Å². The van der Waals surface area contributed by atoms with Gasteiger partial charge in [-0.25, -0.2) is 9.59 Å². The quantitative estimate of drug-likeness (QED) is 0.469. The molecule has 1 aromatic heterocycles. The Morgan fingerprint density at radius 3 is 2.66 bits per heavy atom. The molecule has 1 atom stereocenters. The zero-order chi connectivity index (χ0) is 26.0. The highest BCUT2D eigenvalue weighted by atomic mass is 35.5. The normalized spacial score (nSPS) is 16.3. The molecule has 0 saturated carbocycles. The van der Waals surface area contributed by atoms with E-state index in [1.807, 2.05) is 30.5 Å². The van der Waals surface area contributed by atoms with Gasteiger partial charge in [0.1, 0.15) is 24.0 Å². The third-order valence-electron chi connectivity index (χ3n) is 5.10. The number of nitrogens with one attached hydrogen (secondary N) is 1. The van der Waals surface area contributed by atoms with E-state index in [-0.39, 0.29) is 0 Å². The summed E-state index contributed by atoms with van der Waals surface area (Å²) in [6.07, 6.45) is 10.1. The molecule has 0 radical (unpaired) electrons. The number of terminal acetylenes is 1. The van der Waals surface area contributed by atoms with Gasteiger partial charge in [-0.15, -0.1) is 12.8 Å². The molecular weight excluding hydrogens is 470 g/mol. The van der Waals surface area contributed by atoms with Crippen LogP contribution in [0.3, 0.4) is 0 Å². The summed E-state index contributed by atoms with van der Waals surface area (Å²) in [5.74, 6) is 0.438. The first-order chi connectivity index (χ1) is 16.7. The number of rotatable bonds is 1. The van der Waals surface area contributed by atoms with Gasteiger partial charge in [0.25, 0.3) is 0 Å². The van der Waals surface area contributed by atoms with Gasteiger partial charge in [0.05, 0.1) is 12.8 Å². The van der Waals surface area contributed by atoms with Crippen molar-refractivity contribution in [2.75, 3.05) is 26.7 Å². The van der Waals surface area contributed by atoms with E-state index in [1.165, 1.54) is 12.0 Å². The molecule has 2 aliphatic rings. The predicted octanol–water partition coefficient (Wildman–Crippen LogP) is 3.84. The van der Waals surface area contributed by atoms with Gasteiger partial charge >= 0.3 is 12.1 Å². The average molecular weight is 502 g/mol. The van der Waals surface area contributed by atoms with Crippen LogP contribution < -0.4 is 10.1 Å². The van der Waals surface area contributed by atoms with E-state index >= 15 is 0 Å². The molecule has 9 heteroatoms. The highest BCUT2D eigenvalue weighted by Crippen LogP contribution is 2.29. The number of halogens is 1. The molecule has 1 aromatic carbocycles. The Morgan fingerprint density at radius 2 is 1.97 bits per heavy atom. The number of hydrogen-bond donors (Lipinski definition) is 1. The van der Waals surface area contributed by atoms with Gasteiger partial charge in [-0.05, 0) is 39.0 Å². The molecule has 0 unspecified atom stereocenters. The Kier molecular flexibility index (Phi) is 10.4. The molecule has 1 N–H and O–H groups in total. The number of hydrogen-bond acceptors (Lipinski definition) is 7. The van der Waals surface area contributed by atoms with Crippen molar-refractivity contribution in [2.45, 2.75) is 45.4 Å². The molecular formula is C26H32ClN3O5. The summed E-state index contributed by atoms with van der Waals surface area (Å²) in [4.78, 5) is 29.2. The number of benzene rings is 1. The molecule has 188 valence electrons. The van der Waals surface area contributed by atoms with E-state index in [2.05, 4.69) is 34.0 Å². The van der Waals surface area contributed by atoms with Crippen molar-refractivity contribution in [2.24, 2.45) is 0 Å². The zero-order valence-electron chi connectivity index (χ0n) is 20.5. The number of aromatic nitrogens is 1. The van der Waals surface area contributed by atoms with Crippen molar-refractivity contribution < 1.29 is 23.8 Å². The van der Waals surface area contributed by atoms with Crippen LogP contribution >= 0.6 is 11.6 Å². The van der Waals surface area contributed by atoms with Crippen molar-refractivity contribution in [3.05, 3.63) is 58.4 Å². The van der Waals surface area contributed by atoms with Crippen molar-refractivity contribution in [3.63, 3.8) is 0 Å². The topological polar surface area (TPSA) is 90.0 Å². The number of methoxy groups -OCH3 is 1. The lowest BCUT2D eigenvalue weighted by atomic mass is 10.1. The maximum Gasteiger partial charge on any atom is 0.411 e. The summed E-state index contributed by atoms with van der Waals surface area (Å²) in [7, 11) is 1.31. The Morgan fingerprint density at radius 1 is 1.23 bits per heavy atom.